The molecule has 186 valence electrons. The second kappa shape index (κ2) is 14.4. The molecule has 2 aliphatic rings. The van der Waals surface area contributed by atoms with Crippen LogP contribution in [0.25, 0.3) is 11.4 Å². The largest absolute Gasteiger partial charge is 0.492 e. The molecule has 2 fully saturated rings. The normalized spacial score (nSPS) is 15.5. The van der Waals surface area contributed by atoms with Crippen molar-refractivity contribution >= 4 is 0 Å². The lowest BCUT2D eigenvalue weighted by molar-refractivity contribution is 0.303. The molecule has 0 aliphatic heterocycles. The molecule has 4 nitrogen and oxygen atoms in total. The Kier molecular flexibility index (Phi) is 10.7. The van der Waals surface area contributed by atoms with E-state index in [4.69, 9.17) is 4.74 Å². The number of aromatic nitrogens is 3. The van der Waals surface area contributed by atoms with Crippen molar-refractivity contribution in [2.24, 2.45) is 11.8 Å². The van der Waals surface area contributed by atoms with E-state index in [0.717, 1.165) is 54.1 Å². The van der Waals surface area contributed by atoms with Crippen molar-refractivity contribution in [1.29, 1.82) is 0 Å². The van der Waals surface area contributed by atoms with Gasteiger partial charge < -0.3 is 4.74 Å². The highest BCUT2D eigenvalue weighted by Crippen LogP contribution is 2.34. The van der Waals surface area contributed by atoms with Crippen LogP contribution in [-0.4, -0.2) is 21.8 Å². The fraction of sp³-hybridized carbons (Fsp3) is 0.700. The Morgan fingerprint density at radius 2 is 1.24 bits per heavy atom. The summed E-state index contributed by atoms with van der Waals surface area (Å²) in [5, 5.41) is 8.85. The molecule has 0 aromatic carbocycles. The third-order valence-electron chi connectivity index (χ3n) is 7.43. The Morgan fingerprint density at radius 1 is 0.618 bits per heavy atom. The molecule has 2 aromatic heterocycles. The number of rotatable bonds is 19. The highest BCUT2D eigenvalue weighted by Gasteiger charge is 2.20. The van der Waals surface area contributed by atoms with Gasteiger partial charge in [0.1, 0.15) is 11.4 Å². The van der Waals surface area contributed by atoms with Crippen LogP contribution in [0.5, 0.6) is 5.75 Å². The first kappa shape index (κ1) is 25.1. The standard InChI is InChI=1S/C30H45N3O/c1(2-4-8-12-25-15-16-25)3-5-10-14-27-19-21-30(33-32-27)29-22-20-28(24-31-29)34-23-11-7-6-9-13-26-17-18-26/h19-22,24-26H,1-18,23H2. The average molecular weight is 464 g/mol. The number of hydrogen-bond donors (Lipinski definition) is 0. The van der Waals surface area contributed by atoms with Gasteiger partial charge >= 0.3 is 0 Å². The Labute approximate surface area is 207 Å². The van der Waals surface area contributed by atoms with Gasteiger partial charge in [-0.25, -0.2) is 0 Å². The zero-order valence-corrected chi connectivity index (χ0v) is 21.2. The van der Waals surface area contributed by atoms with Crippen molar-refractivity contribution in [3.63, 3.8) is 0 Å². The van der Waals surface area contributed by atoms with E-state index in [0.29, 0.717) is 0 Å². The first-order chi connectivity index (χ1) is 16.9. The molecule has 0 atom stereocenters. The topological polar surface area (TPSA) is 47.9 Å². The number of hydrogen-bond acceptors (Lipinski definition) is 4. The maximum Gasteiger partial charge on any atom is 0.137 e. The van der Waals surface area contributed by atoms with Crippen LogP contribution in [0.3, 0.4) is 0 Å². The van der Waals surface area contributed by atoms with Gasteiger partial charge in [0.25, 0.3) is 0 Å². The summed E-state index contributed by atoms with van der Waals surface area (Å²) in [6, 6.07) is 8.14. The Hall–Kier alpha value is -1.97. The summed E-state index contributed by atoms with van der Waals surface area (Å²) in [5.41, 5.74) is 2.77. The minimum Gasteiger partial charge on any atom is -0.492 e. The van der Waals surface area contributed by atoms with Crippen LogP contribution in [0.1, 0.15) is 115 Å². The molecule has 0 amide bonds. The van der Waals surface area contributed by atoms with E-state index in [9.17, 15) is 0 Å². The molecular formula is C30H45N3O. The van der Waals surface area contributed by atoms with E-state index >= 15 is 0 Å². The van der Waals surface area contributed by atoms with Gasteiger partial charge in [0.05, 0.1) is 24.2 Å². The molecule has 0 bridgehead atoms. The monoisotopic (exact) mass is 463 g/mol. The number of unbranched alkanes of at least 4 members (excludes halogenated alkanes) is 9. The van der Waals surface area contributed by atoms with Crippen molar-refractivity contribution in [1.82, 2.24) is 15.2 Å². The van der Waals surface area contributed by atoms with Crippen LogP contribution in [0.4, 0.5) is 0 Å². The highest BCUT2D eigenvalue weighted by molar-refractivity contribution is 5.53. The lowest BCUT2D eigenvalue weighted by atomic mass is 10.1. The molecule has 0 radical (unpaired) electrons. The zero-order chi connectivity index (χ0) is 23.3. The number of nitrogens with zero attached hydrogens (tertiary/aromatic N) is 3. The van der Waals surface area contributed by atoms with E-state index in [2.05, 4.69) is 21.2 Å². The quantitative estimate of drug-likeness (QED) is 0.196. The van der Waals surface area contributed by atoms with Gasteiger partial charge in [-0.2, -0.15) is 5.10 Å². The van der Waals surface area contributed by atoms with Crippen LogP contribution in [-0.2, 0) is 6.42 Å². The molecule has 0 N–H and O–H groups in total. The Balaban J connectivity index is 1.04. The molecule has 2 aromatic rings. The summed E-state index contributed by atoms with van der Waals surface area (Å²) in [6.45, 7) is 0.777. The second-order valence-electron chi connectivity index (χ2n) is 10.7. The fourth-order valence-electron chi connectivity index (χ4n) is 4.76. The van der Waals surface area contributed by atoms with Gasteiger partial charge in [-0.3, -0.25) is 4.98 Å². The maximum absolute atomic E-state index is 5.86. The summed E-state index contributed by atoms with van der Waals surface area (Å²) in [5.74, 6) is 3.00. The smallest absolute Gasteiger partial charge is 0.137 e. The van der Waals surface area contributed by atoms with E-state index in [-0.39, 0.29) is 0 Å². The highest BCUT2D eigenvalue weighted by atomic mass is 16.5. The fourth-order valence-corrected chi connectivity index (χ4v) is 4.76. The van der Waals surface area contributed by atoms with Crippen LogP contribution in [0.2, 0.25) is 0 Å². The molecule has 2 heterocycles. The number of aryl methyl sites for hydroxylation is 1. The Morgan fingerprint density at radius 3 is 1.82 bits per heavy atom. The third-order valence-corrected chi connectivity index (χ3v) is 7.43. The molecule has 4 heteroatoms. The van der Waals surface area contributed by atoms with Gasteiger partial charge in [0.2, 0.25) is 0 Å². The summed E-state index contributed by atoms with van der Waals surface area (Å²) >= 11 is 0. The van der Waals surface area contributed by atoms with Crippen molar-refractivity contribution < 1.29 is 4.74 Å². The molecule has 4 rings (SSSR count). The van der Waals surface area contributed by atoms with Crippen LogP contribution < -0.4 is 4.74 Å². The molecule has 2 aliphatic carbocycles. The van der Waals surface area contributed by atoms with Crippen LogP contribution in [0.15, 0.2) is 30.5 Å². The van der Waals surface area contributed by atoms with Gasteiger partial charge in [0.15, 0.2) is 0 Å². The molecule has 0 unspecified atom stereocenters. The number of ether oxygens (including phenoxy) is 1. The maximum atomic E-state index is 5.86. The van der Waals surface area contributed by atoms with Gasteiger partial charge in [-0.1, -0.05) is 96.3 Å². The first-order valence-corrected chi connectivity index (χ1v) is 14.3. The molecule has 2 saturated carbocycles. The summed E-state index contributed by atoms with van der Waals surface area (Å²) in [7, 11) is 0. The van der Waals surface area contributed by atoms with Crippen molar-refractivity contribution in [2.75, 3.05) is 6.61 Å². The second-order valence-corrected chi connectivity index (χ2v) is 10.7. The van der Waals surface area contributed by atoms with Crippen LogP contribution in [0, 0.1) is 11.8 Å². The number of pyridine rings is 1. The molecule has 34 heavy (non-hydrogen) atoms. The lowest BCUT2D eigenvalue weighted by Crippen LogP contribution is -1.99. The Bertz CT molecular complexity index is 797. The van der Waals surface area contributed by atoms with Gasteiger partial charge in [0, 0.05) is 0 Å². The van der Waals surface area contributed by atoms with Crippen LogP contribution >= 0.6 is 0 Å². The zero-order valence-electron chi connectivity index (χ0n) is 21.2. The minimum atomic E-state index is 0.777. The van der Waals surface area contributed by atoms with E-state index in [1.807, 2.05) is 24.4 Å². The van der Waals surface area contributed by atoms with E-state index in [1.165, 1.54) is 103 Å². The third kappa shape index (κ3) is 10.1. The summed E-state index contributed by atoms with van der Waals surface area (Å²) in [6.07, 6.45) is 26.4. The van der Waals surface area contributed by atoms with Crippen molar-refractivity contribution in [3.05, 3.63) is 36.2 Å². The lowest BCUT2D eigenvalue weighted by Gasteiger charge is -2.07. The summed E-state index contributed by atoms with van der Waals surface area (Å²) in [4.78, 5) is 4.54. The minimum absolute atomic E-state index is 0.777. The predicted molar refractivity (Wildman–Crippen MR) is 140 cm³/mol. The molecule has 0 saturated heterocycles. The van der Waals surface area contributed by atoms with E-state index in [1.54, 1.807) is 0 Å². The first-order valence-electron chi connectivity index (χ1n) is 14.3. The molecule has 0 spiro atoms. The molecular weight excluding hydrogens is 418 g/mol. The van der Waals surface area contributed by atoms with Crippen molar-refractivity contribution in [3.8, 4) is 17.1 Å². The van der Waals surface area contributed by atoms with E-state index < -0.39 is 0 Å². The summed E-state index contributed by atoms with van der Waals surface area (Å²) < 4.78 is 5.86. The van der Waals surface area contributed by atoms with Gasteiger partial charge in [-0.15, -0.1) is 5.10 Å². The van der Waals surface area contributed by atoms with Gasteiger partial charge in [-0.05, 0) is 55.4 Å². The SMILES string of the molecule is c1cc(-c2ccc(CCCCCCCCCC3CC3)nn2)ncc1OCCCCCCC1CC1. The average Bonchev–Trinajstić information content (AvgIpc) is 3.79. The predicted octanol–water partition coefficient (Wildman–Crippen LogP) is 8.35. The van der Waals surface area contributed by atoms with Crippen molar-refractivity contribution in [2.45, 2.75) is 116 Å².